The molecule has 0 radical (unpaired) electrons. The first-order valence-corrected chi connectivity index (χ1v) is 12.0. The molecule has 1 aromatic heterocycles. The number of allylic oxidation sites excluding steroid dienone is 1. The molecule has 0 atom stereocenters. The second-order valence-corrected chi connectivity index (χ2v) is 9.34. The third-order valence-corrected chi connectivity index (χ3v) is 7.33. The van der Waals surface area contributed by atoms with Crippen molar-refractivity contribution in [2.24, 2.45) is 0 Å². The normalized spacial score (nSPS) is 16.6. The lowest BCUT2D eigenvalue weighted by atomic mass is 9.65. The van der Waals surface area contributed by atoms with Gasteiger partial charge in [-0.2, -0.15) is 11.8 Å². The summed E-state index contributed by atoms with van der Waals surface area (Å²) < 4.78 is 12.5. The Hall–Kier alpha value is -2.09. The molecule has 1 aromatic carbocycles. The van der Waals surface area contributed by atoms with Crippen LogP contribution >= 0.6 is 11.8 Å². The zero-order chi connectivity index (χ0) is 21.8. The number of piperidine rings is 1. The van der Waals surface area contributed by atoms with Crippen molar-refractivity contribution in [2.45, 2.75) is 37.0 Å². The van der Waals surface area contributed by atoms with Gasteiger partial charge in [0.1, 0.15) is 11.6 Å². The van der Waals surface area contributed by atoms with Crippen molar-refractivity contribution < 1.29 is 9.47 Å². The highest BCUT2D eigenvalue weighted by molar-refractivity contribution is 7.98. The SMILES string of the molecule is C=CCn1c(CSCCOC)nc2c(c1=O)C1(CCNCC1)Cc1cc(OC)ccc1-2. The van der Waals surface area contributed by atoms with Crippen LogP contribution in [-0.2, 0) is 28.9 Å². The Bertz CT molecular complexity index is 1010. The second-order valence-electron chi connectivity index (χ2n) is 8.23. The lowest BCUT2D eigenvalue weighted by Crippen LogP contribution is -2.48. The number of thioether (sulfide) groups is 1. The van der Waals surface area contributed by atoms with Gasteiger partial charge in [-0.3, -0.25) is 9.36 Å². The number of nitrogens with one attached hydrogen (secondary N) is 1. The average Bonchev–Trinajstić information content (AvgIpc) is 2.79. The topological polar surface area (TPSA) is 65.4 Å². The van der Waals surface area contributed by atoms with Crippen molar-refractivity contribution in [2.75, 3.05) is 39.7 Å². The first kappa shape index (κ1) is 22.1. The maximum atomic E-state index is 13.9. The maximum Gasteiger partial charge on any atom is 0.258 e. The lowest BCUT2D eigenvalue weighted by Gasteiger charge is -2.42. The van der Waals surface area contributed by atoms with Crippen LogP contribution in [-0.4, -0.2) is 49.2 Å². The smallest absolute Gasteiger partial charge is 0.258 e. The minimum atomic E-state index is -0.186. The number of aromatic nitrogens is 2. The van der Waals surface area contributed by atoms with E-state index in [0.29, 0.717) is 18.9 Å². The minimum absolute atomic E-state index is 0.0932. The lowest BCUT2D eigenvalue weighted by molar-refractivity contribution is 0.218. The Balaban J connectivity index is 1.89. The van der Waals surface area contributed by atoms with Crippen LogP contribution in [0, 0.1) is 0 Å². The summed E-state index contributed by atoms with van der Waals surface area (Å²) in [6.07, 6.45) is 4.50. The highest BCUT2D eigenvalue weighted by Crippen LogP contribution is 2.46. The van der Waals surface area contributed by atoms with Crippen LogP contribution in [0.15, 0.2) is 35.6 Å². The molecule has 1 saturated heterocycles. The Morgan fingerprint density at radius 1 is 1.32 bits per heavy atom. The molecule has 166 valence electrons. The fraction of sp³-hybridized carbons (Fsp3) is 0.500. The van der Waals surface area contributed by atoms with Crippen LogP contribution in [0.25, 0.3) is 11.3 Å². The molecule has 1 aliphatic heterocycles. The summed E-state index contributed by atoms with van der Waals surface area (Å²) in [5.74, 6) is 3.18. The first-order valence-electron chi connectivity index (χ1n) is 10.8. The quantitative estimate of drug-likeness (QED) is 0.502. The van der Waals surface area contributed by atoms with E-state index >= 15 is 0 Å². The highest BCUT2D eigenvalue weighted by atomic mass is 32.2. The molecule has 7 heteroatoms. The van der Waals surface area contributed by atoms with Gasteiger partial charge in [0.05, 0.1) is 30.7 Å². The Kier molecular flexibility index (Phi) is 6.84. The van der Waals surface area contributed by atoms with Crippen LogP contribution in [0.1, 0.15) is 29.8 Å². The zero-order valence-electron chi connectivity index (χ0n) is 18.4. The monoisotopic (exact) mass is 441 g/mol. The molecule has 2 aromatic rings. The summed E-state index contributed by atoms with van der Waals surface area (Å²) >= 11 is 1.73. The van der Waals surface area contributed by atoms with Gasteiger partial charge >= 0.3 is 0 Å². The van der Waals surface area contributed by atoms with Crippen molar-refractivity contribution in [3.05, 3.63) is 58.2 Å². The molecule has 2 heterocycles. The van der Waals surface area contributed by atoms with Crippen LogP contribution in [0.4, 0.5) is 0 Å². The molecule has 1 N–H and O–H groups in total. The van der Waals surface area contributed by atoms with E-state index in [-0.39, 0.29) is 11.0 Å². The Morgan fingerprint density at radius 3 is 2.84 bits per heavy atom. The summed E-state index contributed by atoms with van der Waals surface area (Å²) in [7, 11) is 3.40. The Morgan fingerprint density at radius 2 is 2.13 bits per heavy atom. The largest absolute Gasteiger partial charge is 0.497 e. The molecule has 31 heavy (non-hydrogen) atoms. The van der Waals surface area contributed by atoms with Crippen LogP contribution in [0.2, 0.25) is 0 Å². The molecule has 2 aliphatic rings. The van der Waals surface area contributed by atoms with E-state index in [1.54, 1.807) is 32.1 Å². The molecule has 0 amide bonds. The van der Waals surface area contributed by atoms with Gasteiger partial charge in [0.25, 0.3) is 5.56 Å². The van der Waals surface area contributed by atoms with Crippen LogP contribution in [0.5, 0.6) is 5.75 Å². The molecule has 1 aliphatic carbocycles. The van der Waals surface area contributed by atoms with E-state index in [9.17, 15) is 4.79 Å². The maximum absolute atomic E-state index is 13.9. The molecule has 6 nitrogen and oxygen atoms in total. The second kappa shape index (κ2) is 9.59. The minimum Gasteiger partial charge on any atom is -0.497 e. The van der Waals surface area contributed by atoms with Gasteiger partial charge < -0.3 is 14.8 Å². The number of nitrogens with zero attached hydrogens (tertiary/aromatic N) is 2. The number of hydrogen-bond donors (Lipinski definition) is 1. The molecular formula is C24H31N3O3S. The van der Waals surface area contributed by atoms with E-state index < -0.39 is 0 Å². The van der Waals surface area contributed by atoms with Crippen LogP contribution < -0.4 is 15.6 Å². The first-order chi connectivity index (χ1) is 15.1. The third kappa shape index (κ3) is 4.19. The summed E-state index contributed by atoms with van der Waals surface area (Å²) in [6.45, 7) is 6.86. The van der Waals surface area contributed by atoms with E-state index in [4.69, 9.17) is 14.5 Å². The van der Waals surface area contributed by atoms with Crippen molar-refractivity contribution in [1.29, 1.82) is 0 Å². The van der Waals surface area contributed by atoms with Crippen molar-refractivity contribution >= 4 is 11.8 Å². The van der Waals surface area contributed by atoms with E-state index in [1.165, 1.54) is 5.56 Å². The van der Waals surface area contributed by atoms with Crippen molar-refractivity contribution in [3.63, 3.8) is 0 Å². The fourth-order valence-corrected chi connectivity index (χ4v) is 5.70. The van der Waals surface area contributed by atoms with Gasteiger partial charge in [-0.15, -0.1) is 6.58 Å². The molecule has 1 spiro atoms. The average molecular weight is 442 g/mol. The number of hydrogen-bond acceptors (Lipinski definition) is 6. The molecule has 1 fully saturated rings. The predicted molar refractivity (Wildman–Crippen MR) is 126 cm³/mol. The van der Waals surface area contributed by atoms with Crippen molar-refractivity contribution in [3.8, 4) is 17.0 Å². The van der Waals surface area contributed by atoms with Gasteiger partial charge in [-0.25, -0.2) is 4.98 Å². The summed E-state index contributed by atoms with van der Waals surface area (Å²) in [6, 6.07) is 6.14. The third-order valence-electron chi connectivity index (χ3n) is 6.41. The van der Waals surface area contributed by atoms with Crippen molar-refractivity contribution in [1.82, 2.24) is 14.9 Å². The molecule has 0 saturated carbocycles. The van der Waals surface area contributed by atoms with E-state index in [2.05, 4.69) is 24.0 Å². The molecule has 0 bridgehead atoms. The van der Waals surface area contributed by atoms with Gasteiger partial charge in [0, 0.05) is 30.4 Å². The molecule has 4 rings (SSSR count). The molecule has 0 unspecified atom stereocenters. The van der Waals surface area contributed by atoms with Gasteiger partial charge in [0.15, 0.2) is 0 Å². The summed E-state index contributed by atoms with van der Waals surface area (Å²) in [4.78, 5) is 19.0. The highest BCUT2D eigenvalue weighted by Gasteiger charge is 2.43. The summed E-state index contributed by atoms with van der Waals surface area (Å²) in [5.41, 5.74) is 3.94. The molecular weight excluding hydrogens is 410 g/mol. The number of fused-ring (bicyclic) bond motifs is 4. The summed E-state index contributed by atoms with van der Waals surface area (Å²) in [5, 5.41) is 3.46. The number of benzene rings is 1. The Labute approximate surface area is 188 Å². The predicted octanol–water partition coefficient (Wildman–Crippen LogP) is 3.16. The van der Waals surface area contributed by atoms with E-state index in [0.717, 1.165) is 66.5 Å². The van der Waals surface area contributed by atoms with Gasteiger partial charge in [0.2, 0.25) is 0 Å². The van der Waals surface area contributed by atoms with E-state index in [1.807, 2.05) is 10.6 Å². The van der Waals surface area contributed by atoms with Gasteiger partial charge in [-0.05, 0) is 56.1 Å². The zero-order valence-corrected chi connectivity index (χ0v) is 19.2. The standard InChI is InChI=1S/C24H31N3O3S/c1-4-11-27-20(16-31-13-12-29-2)26-22-19-6-5-18(30-3)14-17(19)15-24(21(22)23(27)28)7-9-25-10-8-24/h4-6,14,25H,1,7-13,15-16H2,2-3H3. The number of ether oxygens (including phenoxy) is 2. The van der Waals surface area contributed by atoms with Gasteiger partial charge in [-0.1, -0.05) is 6.08 Å². The fourth-order valence-electron chi connectivity index (χ4n) is 4.86. The van der Waals surface area contributed by atoms with Crippen LogP contribution in [0.3, 0.4) is 0 Å². The number of methoxy groups -OCH3 is 2. The number of rotatable bonds is 8.